The molecule has 68 heavy (non-hydrogen) atoms. The highest BCUT2D eigenvalue weighted by Gasteiger charge is 2.37. The molecule has 0 fully saturated rings. The molecule has 13 rings (SSSR count). The summed E-state index contributed by atoms with van der Waals surface area (Å²) < 4.78 is 14.3. The second-order valence-electron chi connectivity index (χ2n) is 19.8. The third-order valence-electron chi connectivity index (χ3n) is 15.3. The zero-order valence-electron chi connectivity index (χ0n) is 38.6. The number of nitrogens with zero attached hydrogens (tertiary/aromatic N) is 1. The Kier molecular flexibility index (Phi) is 8.86. The standard InChI is InChI=1S/C66H48FN/c1-65(2)59-19-11-9-15-51(59)53-34-25-45(39-61(53)65)63-55-17-7-8-18-56(55)64(46-26-35-54-52-16-10-12-20-60(52)66(3,4)62(54)40-46)58-38-44(24-36-57(58)63)42-21-29-48(30-22-42)68(49-32-27-47(67)28-33-49)50-31-23-41-13-5-6-14-43(41)37-50/h5-40H,1-4H3. The Labute approximate surface area is 397 Å². The summed E-state index contributed by atoms with van der Waals surface area (Å²) in [6.45, 7) is 9.47. The van der Waals surface area contributed by atoms with E-state index in [1.54, 1.807) is 0 Å². The molecule has 11 aromatic rings. The second-order valence-corrected chi connectivity index (χ2v) is 19.8. The van der Waals surface area contributed by atoms with Crippen LogP contribution in [0.1, 0.15) is 49.9 Å². The van der Waals surface area contributed by atoms with Crippen LogP contribution in [0, 0.1) is 5.82 Å². The molecule has 2 aliphatic carbocycles. The Morgan fingerprint density at radius 2 is 0.750 bits per heavy atom. The molecule has 0 amide bonds. The highest BCUT2D eigenvalue weighted by molar-refractivity contribution is 6.22. The SMILES string of the molecule is CC1(C)c2ccccc2-c2ccc(-c3c4ccccc4c(-c4ccc5c(c4)C(C)(C)c4ccccc4-5)c4cc(-c5ccc(N(c6ccc(F)cc6)c6ccc7ccccc7c6)cc5)ccc34)cc21. The molecule has 0 bridgehead atoms. The van der Waals surface area contributed by atoms with Crippen molar-refractivity contribution in [3.8, 4) is 55.6 Å². The van der Waals surface area contributed by atoms with Crippen LogP contribution < -0.4 is 4.90 Å². The minimum Gasteiger partial charge on any atom is -0.310 e. The molecule has 0 atom stereocenters. The predicted octanol–water partition coefficient (Wildman–Crippen LogP) is 18.4. The number of anilines is 3. The molecule has 0 saturated carbocycles. The van der Waals surface area contributed by atoms with Crippen LogP contribution in [0.4, 0.5) is 21.5 Å². The zero-order chi connectivity index (χ0) is 45.9. The van der Waals surface area contributed by atoms with Gasteiger partial charge in [-0.25, -0.2) is 4.39 Å². The lowest BCUT2D eigenvalue weighted by atomic mass is 9.79. The molecule has 0 unspecified atom stereocenters. The Morgan fingerprint density at radius 1 is 0.309 bits per heavy atom. The van der Waals surface area contributed by atoms with E-state index in [-0.39, 0.29) is 16.6 Å². The Bertz CT molecular complexity index is 3850. The fourth-order valence-corrected chi connectivity index (χ4v) is 11.9. The van der Waals surface area contributed by atoms with Gasteiger partial charge in [-0.1, -0.05) is 179 Å². The van der Waals surface area contributed by atoms with Crippen molar-refractivity contribution < 1.29 is 4.39 Å². The molecule has 11 aromatic carbocycles. The summed E-state index contributed by atoms with van der Waals surface area (Å²) in [5.41, 5.74) is 20.7. The van der Waals surface area contributed by atoms with E-state index >= 15 is 0 Å². The van der Waals surface area contributed by atoms with E-state index in [2.05, 4.69) is 227 Å². The van der Waals surface area contributed by atoms with E-state index in [0.29, 0.717) is 0 Å². The van der Waals surface area contributed by atoms with Crippen molar-refractivity contribution in [2.24, 2.45) is 0 Å². The molecule has 2 aliphatic rings. The second kappa shape index (κ2) is 15.0. The van der Waals surface area contributed by atoms with Crippen molar-refractivity contribution >= 4 is 49.4 Å². The van der Waals surface area contributed by atoms with E-state index in [1.807, 2.05) is 12.1 Å². The molecule has 0 radical (unpaired) electrons. The van der Waals surface area contributed by atoms with Gasteiger partial charge in [-0.05, 0) is 177 Å². The summed E-state index contributed by atoms with van der Waals surface area (Å²) in [6, 6.07) is 78.8. The first-order valence-corrected chi connectivity index (χ1v) is 23.8. The lowest BCUT2D eigenvalue weighted by Gasteiger charge is -2.26. The maximum absolute atomic E-state index is 14.3. The lowest BCUT2D eigenvalue weighted by molar-refractivity contribution is 0.628. The van der Waals surface area contributed by atoms with Gasteiger partial charge in [0.1, 0.15) is 5.82 Å². The van der Waals surface area contributed by atoms with Gasteiger partial charge in [-0.3, -0.25) is 0 Å². The van der Waals surface area contributed by atoms with Crippen LogP contribution in [0.2, 0.25) is 0 Å². The fourth-order valence-electron chi connectivity index (χ4n) is 11.9. The van der Waals surface area contributed by atoms with E-state index in [4.69, 9.17) is 0 Å². The number of benzene rings is 11. The molecule has 0 saturated heterocycles. The topological polar surface area (TPSA) is 3.24 Å². The fraction of sp³-hybridized carbons (Fsp3) is 0.0909. The maximum atomic E-state index is 14.3. The molecule has 1 nitrogen and oxygen atoms in total. The molecule has 0 aliphatic heterocycles. The van der Waals surface area contributed by atoms with E-state index in [1.165, 1.54) is 106 Å². The van der Waals surface area contributed by atoms with Crippen molar-refractivity contribution in [3.63, 3.8) is 0 Å². The van der Waals surface area contributed by atoms with Crippen LogP contribution in [0.25, 0.3) is 88.0 Å². The van der Waals surface area contributed by atoms with Gasteiger partial charge in [0.25, 0.3) is 0 Å². The van der Waals surface area contributed by atoms with Crippen molar-refractivity contribution in [1.82, 2.24) is 0 Å². The smallest absolute Gasteiger partial charge is 0.123 e. The van der Waals surface area contributed by atoms with Gasteiger partial charge < -0.3 is 4.90 Å². The van der Waals surface area contributed by atoms with Crippen molar-refractivity contribution in [2.75, 3.05) is 4.90 Å². The van der Waals surface area contributed by atoms with Gasteiger partial charge in [0.2, 0.25) is 0 Å². The van der Waals surface area contributed by atoms with Gasteiger partial charge in [-0.15, -0.1) is 0 Å². The Morgan fingerprint density at radius 3 is 1.35 bits per heavy atom. The molecular weight excluding hydrogens is 826 g/mol. The summed E-state index contributed by atoms with van der Waals surface area (Å²) in [5, 5.41) is 7.27. The van der Waals surface area contributed by atoms with Gasteiger partial charge in [0, 0.05) is 27.9 Å². The summed E-state index contributed by atoms with van der Waals surface area (Å²) in [7, 11) is 0. The minimum atomic E-state index is -0.256. The van der Waals surface area contributed by atoms with Crippen LogP contribution in [0.15, 0.2) is 218 Å². The van der Waals surface area contributed by atoms with Crippen LogP contribution >= 0.6 is 0 Å². The van der Waals surface area contributed by atoms with Gasteiger partial charge in [0.05, 0.1) is 0 Å². The summed E-state index contributed by atoms with van der Waals surface area (Å²) in [4.78, 5) is 2.20. The first kappa shape index (κ1) is 40.2. The molecule has 0 aromatic heterocycles. The van der Waals surface area contributed by atoms with Gasteiger partial charge >= 0.3 is 0 Å². The third kappa shape index (κ3) is 6.07. The number of rotatable bonds is 6. The monoisotopic (exact) mass is 873 g/mol. The average molecular weight is 874 g/mol. The molecule has 0 spiro atoms. The van der Waals surface area contributed by atoms with E-state index in [0.717, 1.165) is 33.6 Å². The number of fused-ring (bicyclic) bond motifs is 9. The predicted molar refractivity (Wildman–Crippen MR) is 285 cm³/mol. The van der Waals surface area contributed by atoms with Gasteiger partial charge in [-0.2, -0.15) is 0 Å². The molecule has 2 heteroatoms. The lowest BCUT2D eigenvalue weighted by Crippen LogP contribution is -2.15. The molecule has 0 N–H and O–H groups in total. The first-order chi connectivity index (χ1) is 33.1. The Balaban J connectivity index is 1.01. The van der Waals surface area contributed by atoms with E-state index < -0.39 is 0 Å². The molecule has 0 heterocycles. The van der Waals surface area contributed by atoms with Crippen molar-refractivity contribution in [2.45, 2.75) is 38.5 Å². The molecule has 324 valence electrons. The maximum Gasteiger partial charge on any atom is 0.123 e. The number of halogens is 1. The first-order valence-electron chi connectivity index (χ1n) is 23.8. The van der Waals surface area contributed by atoms with Crippen LogP contribution in [-0.2, 0) is 10.8 Å². The third-order valence-corrected chi connectivity index (χ3v) is 15.3. The van der Waals surface area contributed by atoms with E-state index in [9.17, 15) is 4.39 Å². The van der Waals surface area contributed by atoms with Crippen LogP contribution in [0.5, 0.6) is 0 Å². The van der Waals surface area contributed by atoms with Gasteiger partial charge in [0.15, 0.2) is 0 Å². The number of hydrogen-bond acceptors (Lipinski definition) is 1. The number of hydrogen-bond donors (Lipinski definition) is 0. The zero-order valence-corrected chi connectivity index (χ0v) is 38.6. The van der Waals surface area contributed by atoms with Crippen molar-refractivity contribution in [3.05, 3.63) is 246 Å². The van der Waals surface area contributed by atoms with Crippen LogP contribution in [0.3, 0.4) is 0 Å². The quantitative estimate of drug-likeness (QED) is 0.151. The largest absolute Gasteiger partial charge is 0.310 e. The summed E-state index contributed by atoms with van der Waals surface area (Å²) in [5.74, 6) is -0.256. The average Bonchev–Trinajstić information content (AvgIpc) is 3.75. The minimum absolute atomic E-state index is 0.123. The van der Waals surface area contributed by atoms with Crippen molar-refractivity contribution in [1.29, 1.82) is 0 Å². The summed E-state index contributed by atoms with van der Waals surface area (Å²) in [6.07, 6.45) is 0. The highest BCUT2D eigenvalue weighted by Crippen LogP contribution is 2.54. The normalized spacial score (nSPS) is 13.9. The molecular formula is C66H48FN. The highest BCUT2D eigenvalue weighted by atomic mass is 19.1. The Hall–Kier alpha value is -8.07. The van der Waals surface area contributed by atoms with Crippen LogP contribution in [-0.4, -0.2) is 0 Å². The summed E-state index contributed by atoms with van der Waals surface area (Å²) >= 11 is 0.